The van der Waals surface area contributed by atoms with Gasteiger partial charge in [0.1, 0.15) is 6.61 Å². The zero-order valence-electron chi connectivity index (χ0n) is 38.8. The number of phosphoric ester groups is 1. The molecular weight excluding hydrogens is 798 g/mol. The van der Waals surface area contributed by atoms with Gasteiger partial charge >= 0.3 is 19.8 Å². The lowest BCUT2D eigenvalue weighted by Crippen LogP contribution is -2.29. The van der Waals surface area contributed by atoms with E-state index in [9.17, 15) is 19.0 Å². The van der Waals surface area contributed by atoms with Gasteiger partial charge in [-0.1, -0.05) is 175 Å². The molecule has 0 radical (unpaired) electrons. The van der Waals surface area contributed by atoms with Crippen molar-refractivity contribution < 1.29 is 37.6 Å². The summed E-state index contributed by atoms with van der Waals surface area (Å²) in [5.41, 5.74) is 5.35. The van der Waals surface area contributed by atoms with Crippen molar-refractivity contribution in [2.24, 2.45) is 5.73 Å². The molecule has 2 atom stereocenters. The molecule has 0 saturated carbocycles. The van der Waals surface area contributed by atoms with E-state index in [-0.39, 0.29) is 32.6 Å². The Labute approximate surface area is 378 Å². The second kappa shape index (κ2) is 47.2. The highest BCUT2D eigenvalue weighted by Crippen LogP contribution is 2.43. The fraction of sp³-hybridized carbons (Fsp3) is 0.615. The zero-order chi connectivity index (χ0) is 45.3. The van der Waals surface area contributed by atoms with Crippen LogP contribution >= 0.6 is 7.82 Å². The lowest BCUT2D eigenvalue weighted by Gasteiger charge is -2.19. The second-order valence-electron chi connectivity index (χ2n) is 15.2. The number of carbonyl (C=O) groups is 2. The summed E-state index contributed by atoms with van der Waals surface area (Å²) < 4.78 is 32.8. The molecule has 0 fully saturated rings. The van der Waals surface area contributed by atoms with Crippen LogP contribution in [-0.2, 0) is 32.7 Å². The van der Waals surface area contributed by atoms with Crippen LogP contribution in [0, 0.1) is 0 Å². The normalized spacial score (nSPS) is 14.2. The van der Waals surface area contributed by atoms with E-state index in [0.29, 0.717) is 19.3 Å². The van der Waals surface area contributed by atoms with Gasteiger partial charge in [0.05, 0.1) is 13.2 Å². The third-order valence-corrected chi connectivity index (χ3v) is 10.4. The molecule has 0 aliphatic heterocycles. The molecule has 0 heterocycles. The summed E-state index contributed by atoms with van der Waals surface area (Å²) >= 11 is 0. The average molecular weight is 884 g/mol. The van der Waals surface area contributed by atoms with Crippen LogP contribution in [0.5, 0.6) is 0 Å². The van der Waals surface area contributed by atoms with Crippen LogP contribution in [-0.4, -0.2) is 49.3 Å². The zero-order valence-corrected chi connectivity index (χ0v) is 39.7. The number of rotatable bonds is 43. The van der Waals surface area contributed by atoms with Crippen LogP contribution in [0.15, 0.2) is 109 Å². The number of unbranched alkanes of at least 4 members (excludes halogenated alkanes) is 12. The summed E-state index contributed by atoms with van der Waals surface area (Å²) in [6, 6.07) is 0. The highest BCUT2D eigenvalue weighted by atomic mass is 31.2. The summed E-state index contributed by atoms with van der Waals surface area (Å²) in [5.74, 6) is -0.917. The Hall–Kier alpha value is -3.33. The number of phosphoric acid groups is 1. The summed E-state index contributed by atoms with van der Waals surface area (Å²) in [7, 11) is -4.41. The third-order valence-electron chi connectivity index (χ3n) is 9.39. The number of ether oxygens (including phenoxy) is 2. The molecule has 0 amide bonds. The molecule has 0 saturated heterocycles. The topological polar surface area (TPSA) is 134 Å². The Balaban J connectivity index is 4.26. The van der Waals surface area contributed by atoms with Crippen LogP contribution < -0.4 is 5.73 Å². The largest absolute Gasteiger partial charge is 0.472 e. The highest BCUT2D eigenvalue weighted by Gasteiger charge is 2.25. The molecule has 0 aliphatic carbocycles. The van der Waals surface area contributed by atoms with E-state index in [1.165, 1.54) is 51.4 Å². The smallest absolute Gasteiger partial charge is 0.462 e. The van der Waals surface area contributed by atoms with Gasteiger partial charge in [0, 0.05) is 19.4 Å². The molecule has 0 aliphatic rings. The summed E-state index contributed by atoms with van der Waals surface area (Å²) in [5, 5.41) is 0. The van der Waals surface area contributed by atoms with Gasteiger partial charge in [0.15, 0.2) is 6.10 Å². The maximum Gasteiger partial charge on any atom is 0.472 e. The maximum absolute atomic E-state index is 12.6. The Bertz CT molecular complexity index is 1380. The molecule has 2 unspecified atom stereocenters. The van der Waals surface area contributed by atoms with Crippen molar-refractivity contribution in [2.45, 2.75) is 180 Å². The molecular formula is C52H86NO8P. The van der Waals surface area contributed by atoms with Crippen molar-refractivity contribution in [3.05, 3.63) is 109 Å². The Morgan fingerprint density at radius 2 is 0.903 bits per heavy atom. The van der Waals surface area contributed by atoms with Crippen molar-refractivity contribution in [2.75, 3.05) is 26.4 Å². The van der Waals surface area contributed by atoms with E-state index in [2.05, 4.69) is 117 Å². The first-order valence-corrected chi connectivity index (χ1v) is 25.4. The second-order valence-corrected chi connectivity index (χ2v) is 16.7. The van der Waals surface area contributed by atoms with Gasteiger partial charge in [-0.15, -0.1) is 0 Å². The van der Waals surface area contributed by atoms with E-state index in [1.807, 2.05) is 6.08 Å². The quantitative estimate of drug-likeness (QED) is 0.0266. The van der Waals surface area contributed by atoms with Gasteiger partial charge < -0.3 is 20.1 Å². The van der Waals surface area contributed by atoms with Crippen LogP contribution in [0.1, 0.15) is 174 Å². The fourth-order valence-corrected chi connectivity index (χ4v) is 6.65. The lowest BCUT2D eigenvalue weighted by molar-refractivity contribution is -0.161. The van der Waals surface area contributed by atoms with E-state index in [4.69, 9.17) is 24.3 Å². The predicted octanol–water partition coefficient (Wildman–Crippen LogP) is 14.3. The van der Waals surface area contributed by atoms with Gasteiger partial charge in [-0.3, -0.25) is 18.6 Å². The van der Waals surface area contributed by atoms with Gasteiger partial charge in [0.2, 0.25) is 0 Å². The predicted molar refractivity (Wildman–Crippen MR) is 261 cm³/mol. The molecule has 0 rings (SSSR count). The van der Waals surface area contributed by atoms with E-state index < -0.39 is 32.5 Å². The number of hydrogen-bond acceptors (Lipinski definition) is 8. The lowest BCUT2D eigenvalue weighted by atomic mass is 10.1. The minimum absolute atomic E-state index is 0.0367. The van der Waals surface area contributed by atoms with Crippen LogP contribution in [0.2, 0.25) is 0 Å². The van der Waals surface area contributed by atoms with Crippen molar-refractivity contribution in [1.29, 1.82) is 0 Å². The van der Waals surface area contributed by atoms with E-state index >= 15 is 0 Å². The molecule has 0 bridgehead atoms. The SMILES string of the molecule is CC/C=C\C/C=C\C/C=C\C/C=C\C/C=C\C/C=C\C/C=C\CCCC(=O)OC(COC(=O)CCCCCCCCC/C=C\C/C=C\CCCCCC)COP(=O)(O)OCCN. The number of nitrogens with two attached hydrogens (primary N) is 1. The molecule has 0 aromatic rings. The van der Waals surface area contributed by atoms with Gasteiger partial charge in [-0.25, -0.2) is 4.57 Å². The van der Waals surface area contributed by atoms with E-state index in [1.54, 1.807) is 0 Å². The Morgan fingerprint density at radius 1 is 0.500 bits per heavy atom. The number of esters is 2. The Kier molecular flexibility index (Phi) is 44.6. The molecule has 0 aromatic carbocycles. The molecule has 352 valence electrons. The fourth-order valence-electron chi connectivity index (χ4n) is 5.89. The number of allylic oxidation sites excluding steroid dienone is 18. The van der Waals surface area contributed by atoms with Crippen LogP contribution in [0.4, 0.5) is 0 Å². The maximum atomic E-state index is 12.6. The van der Waals surface area contributed by atoms with Crippen molar-refractivity contribution in [3.63, 3.8) is 0 Å². The van der Waals surface area contributed by atoms with Crippen molar-refractivity contribution >= 4 is 19.8 Å². The highest BCUT2D eigenvalue weighted by molar-refractivity contribution is 7.47. The van der Waals surface area contributed by atoms with Crippen LogP contribution in [0.3, 0.4) is 0 Å². The summed E-state index contributed by atoms with van der Waals surface area (Å²) in [6.07, 6.45) is 62.7. The molecule has 0 spiro atoms. The van der Waals surface area contributed by atoms with Crippen molar-refractivity contribution in [1.82, 2.24) is 0 Å². The first-order chi connectivity index (χ1) is 30.3. The first kappa shape index (κ1) is 58.7. The third kappa shape index (κ3) is 46.2. The minimum Gasteiger partial charge on any atom is -0.462 e. The number of hydrogen-bond donors (Lipinski definition) is 2. The van der Waals surface area contributed by atoms with Gasteiger partial charge in [-0.2, -0.15) is 0 Å². The summed E-state index contributed by atoms with van der Waals surface area (Å²) in [4.78, 5) is 35.0. The number of carbonyl (C=O) groups excluding carboxylic acids is 2. The van der Waals surface area contributed by atoms with Gasteiger partial charge in [-0.05, 0) is 96.3 Å². The minimum atomic E-state index is -4.41. The standard InChI is InChI=1S/C52H86NO8P/c1-3-5-7-9-11-13-15-17-19-21-23-24-25-26-27-29-31-33-35-37-39-41-43-45-52(55)61-50(49-60-62(56,57)59-47-46-53)48-58-51(54)44-42-40-38-36-34-32-30-28-22-20-18-16-14-12-10-8-6-4-2/h5,7,11,13-14,16-17,19-20,22-24,26-27,31,33,37,39,50H,3-4,6,8-10,12,15,18,21,25,28-30,32,34-36,38,40-49,53H2,1-2H3,(H,56,57)/b7-5-,13-11-,16-14-,19-17-,22-20-,24-23-,27-26-,33-31-,39-37-. The van der Waals surface area contributed by atoms with Gasteiger partial charge in [0.25, 0.3) is 0 Å². The first-order valence-electron chi connectivity index (χ1n) is 23.9. The average Bonchev–Trinajstić information content (AvgIpc) is 3.26. The van der Waals surface area contributed by atoms with Crippen LogP contribution in [0.25, 0.3) is 0 Å². The molecule has 0 aromatic heterocycles. The Morgan fingerprint density at radius 3 is 1.37 bits per heavy atom. The molecule has 3 N–H and O–H groups in total. The summed E-state index contributed by atoms with van der Waals surface area (Å²) in [6.45, 7) is 3.51. The van der Waals surface area contributed by atoms with E-state index in [0.717, 1.165) is 77.0 Å². The molecule has 10 heteroatoms. The monoisotopic (exact) mass is 884 g/mol. The molecule has 62 heavy (non-hydrogen) atoms. The molecule has 9 nitrogen and oxygen atoms in total. The van der Waals surface area contributed by atoms with Crippen molar-refractivity contribution in [3.8, 4) is 0 Å².